The Morgan fingerprint density at radius 1 is 1.05 bits per heavy atom. The minimum Gasteiger partial charge on any atom is -0.464 e. The summed E-state index contributed by atoms with van der Waals surface area (Å²) in [4.78, 5) is 12.9. The molecule has 114 valence electrons. The van der Waals surface area contributed by atoms with Gasteiger partial charge in [0, 0.05) is 12.1 Å². The lowest BCUT2D eigenvalue weighted by Gasteiger charge is -2.41. The molecule has 0 saturated heterocycles. The van der Waals surface area contributed by atoms with Crippen LogP contribution in [0.1, 0.15) is 64.2 Å². The molecule has 0 bridgehead atoms. The van der Waals surface area contributed by atoms with Crippen molar-refractivity contribution < 1.29 is 9.77 Å². The van der Waals surface area contributed by atoms with E-state index in [1.54, 1.807) is 0 Å². The Hall–Kier alpha value is -1.33. The molecule has 0 atom stereocenters. The molecule has 0 spiro atoms. The first-order valence-corrected chi connectivity index (χ1v) is 7.77. The van der Waals surface area contributed by atoms with Gasteiger partial charge in [-0.05, 0) is 25.7 Å². The predicted molar refractivity (Wildman–Crippen MR) is 77.0 cm³/mol. The number of ether oxygens (including phenoxy) is 1. The number of amidine groups is 1. The first-order chi connectivity index (χ1) is 9.72. The zero-order chi connectivity index (χ0) is 14.4. The minimum absolute atomic E-state index is 0.203. The van der Waals surface area contributed by atoms with Gasteiger partial charge in [0.05, 0.1) is 7.11 Å². The summed E-state index contributed by atoms with van der Waals surface area (Å²) >= 11 is 0. The highest BCUT2D eigenvalue weighted by atomic mass is 16.7. The fraction of sp³-hybridized carbons (Fsp3) is 0.929. The van der Waals surface area contributed by atoms with Crippen LogP contribution >= 0.6 is 0 Å². The van der Waals surface area contributed by atoms with Gasteiger partial charge in [-0.15, -0.1) is 0 Å². The summed E-state index contributed by atoms with van der Waals surface area (Å²) in [5, 5.41) is 13.6. The molecule has 0 aliphatic heterocycles. The fourth-order valence-electron chi connectivity index (χ4n) is 3.60. The van der Waals surface area contributed by atoms with E-state index in [1.165, 1.54) is 45.6 Å². The van der Waals surface area contributed by atoms with E-state index >= 15 is 0 Å². The van der Waals surface area contributed by atoms with Crippen molar-refractivity contribution in [1.82, 2.24) is 4.90 Å². The lowest BCUT2D eigenvalue weighted by atomic mass is 9.89. The van der Waals surface area contributed by atoms with Crippen LogP contribution < -0.4 is 0 Å². The minimum atomic E-state index is -0.641. The molecule has 2 aliphatic carbocycles. The van der Waals surface area contributed by atoms with Crippen LogP contribution in [0.5, 0.6) is 0 Å². The maximum Gasteiger partial charge on any atom is 0.361 e. The van der Waals surface area contributed by atoms with E-state index in [-0.39, 0.29) is 6.02 Å². The highest BCUT2D eigenvalue weighted by Gasteiger charge is 2.33. The average molecular weight is 283 g/mol. The zero-order valence-corrected chi connectivity index (χ0v) is 12.3. The van der Waals surface area contributed by atoms with Crippen molar-refractivity contribution in [2.75, 3.05) is 7.11 Å². The Labute approximate surface area is 120 Å². The lowest BCUT2D eigenvalue weighted by Crippen LogP contribution is -2.49. The molecular weight excluding hydrogens is 258 g/mol. The highest BCUT2D eigenvalue weighted by Crippen LogP contribution is 2.30. The monoisotopic (exact) mass is 283 g/mol. The van der Waals surface area contributed by atoms with Crippen molar-refractivity contribution in [3.05, 3.63) is 10.1 Å². The van der Waals surface area contributed by atoms with Crippen LogP contribution in [-0.2, 0) is 4.74 Å². The van der Waals surface area contributed by atoms with E-state index in [2.05, 4.69) is 10.0 Å². The van der Waals surface area contributed by atoms with Gasteiger partial charge in [-0.1, -0.05) is 38.5 Å². The Morgan fingerprint density at radius 3 is 1.85 bits per heavy atom. The second-order valence-corrected chi connectivity index (χ2v) is 5.82. The molecule has 0 heterocycles. The van der Waals surface area contributed by atoms with Crippen LogP contribution in [0.4, 0.5) is 0 Å². The van der Waals surface area contributed by atoms with Crippen molar-refractivity contribution in [1.29, 1.82) is 0 Å². The molecule has 0 aromatic rings. The molecule has 20 heavy (non-hydrogen) atoms. The van der Waals surface area contributed by atoms with Gasteiger partial charge in [0.25, 0.3) is 0 Å². The van der Waals surface area contributed by atoms with Gasteiger partial charge in [-0.25, -0.2) is 10.1 Å². The molecule has 0 amide bonds. The molecule has 6 nitrogen and oxygen atoms in total. The molecule has 0 unspecified atom stereocenters. The Kier molecular flexibility index (Phi) is 5.61. The number of hydrazone groups is 1. The highest BCUT2D eigenvalue weighted by molar-refractivity contribution is 5.73. The summed E-state index contributed by atoms with van der Waals surface area (Å²) < 4.78 is 5.26. The van der Waals surface area contributed by atoms with Crippen LogP contribution in [0.2, 0.25) is 0 Å². The van der Waals surface area contributed by atoms with Crippen LogP contribution in [0, 0.1) is 10.1 Å². The largest absolute Gasteiger partial charge is 0.464 e. The third-order valence-corrected chi connectivity index (χ3v) is 4.51. The van der Waals surface area contributed by atoms with Gasteiger partial charge in [-0.3, -0.25) is 0 Å². The van der Waals surface area contributed by atoms with E-state index in [9.17, 15) is 10.1 Å². The summed E-state index contributed by atoms with van der Waals surface area (Å²) in [6.45, 7) is 0. The molecule has 0 radical (unpaired) electrons. The summed E-state index contributed by atoms with van der Waals surface area (Å²) in [6.07, 6.45) is 11.7. The molecule has 2 fully saturated rings. The molecule has 2 saturated carbocycles. The SMILES string of the molecule is COC(=N[N+](=O)[O-])N(C1CCCCC1)C1CCCCC1. The number of hydrogen-bond acceptors (Lipinski definition) is 3. The Morgan fingerprint density at radius 2 is 1.50 bits per heavy atom. The van der Waals surface area contributed by atoms with E-state index < -0.39 is 5.03 Å². The maximum absolute atomic E-state index is 10.8. The number of methoxy groups -OCH3 is 1. The summed E-state index contributed by atoms with van der Waals surface area (Å²) in [7, 11) is 1.49. The third-order valence-electron chi connectivity index (χ3n) is 4.51. The van der Waals surface area contributed by atoms with Crippen LogP contribution in [0.15, 0.2) is 5.10 Å². The van der Waals surface area contributed by atoms with E-state index in [1.807, 2.05) is 0 Å². The van der Waals surface area contributed by atoms with Crippen molar-refractivity contribution in [2.24, 2.45) is 5.10 Å². The Bertz CT molecular complexity index is 330. The van der Waals surface area contributed by atoms with E-state index in [0.717, 1.165) is 25.7 Å². The van der Waals surface area contributed by atoms with Crippen molar-refractivity contribution in [3.63, 3.8) is 0 Å². The van der Waals surface area contributed by atoms with Gasteiger partial charge < -0.3 is 9.64 Å². The summed E-state index contributed by atoms with van der Waals surface area (Å²) in [5.41, 5.74) is 0. The second-order valence-electron chi connectivity index (χ2n) is 5.82. The Balaban J connectivity index is 2.18. The van der Waals surface area contributed by atoms with E-state index in [0.29, 0.717) is 12.1 Å². The predicted octanol–water partition coefficient (Wildman–Crippen LogP) is 3.15. The maximum atomic E-state index is 10.8. The average Bonchev–Trinajstić information content (AvgIpc) is 2.48. The van der Waals surface area contributed by atoms with Crippen LogP contribution in [0.25, 0.3) is 0 Å². The standard InChI is InChI=1S/C14H25N3O3/c1-20-14(15-17(18)19)16(12-8-4-2-5-9-12)13-10-6-3-7-11-13/h12-13H,2-11H2,1H3. The number of nitro groups is 1. The molecule has 0 aromatic heterocycles. The first-order valence-electron chi connectivity index (χ1n) is 7.77. The number of rotatable bonds is 3. The van der Waals surface area contributed by atoms with Gasteiger partial charge in [0.1, 0.15) is 5.10 Å². The van der Waals surface area contributed by atoms with Gasteiger partial charge in [-0.2, -0.15) is 0 Å². The fourth-order valence-corrected chi connectivity index (χ4v) is 3.60. The number of hydrogen-bond donors (Lipinski definition) is 0. The molecule has 2 aliphatic rings. The molecule has 6 heteroatoms. The van der Waals surface area contributed by atoms with Gasteiger partial charge in [0.15, 0.2) is 5.03 Å². The molecular formula is C14H25N3O3. The summed E-state index contributed by atoms with van der Waals surface area (Å²) in [6, 6.07) is 0.907. The molecule has 0 aromatic carbocycles. The first kappa shape index (κ1) is 15.1. The van der Waals surface area contributed by atoms with Crippen LogP contribution in [-0.4, -0.2) is 35.1 Å². The molecule has 0 N–H and O–H groups in total. The third kappa shape index (κ3) is 3.84. The zero-order valence-electron chi connectivity index (χ0n) is 12.3. The van der Waals surface area contributed by atoms with Gasteiger partial charge >= 0.3 is 6.02 Å². The van der Waals surface area contributed by atoms with Crippen molar-refractivity contribution >= 4 is 6.02 Å². The van der Waals surface area contributed by atoms with Crippen molar-refractivity contribution in [2.45, 2.75) is 76.3 Å². The lowest BCUT2D eigenvalue weighted by molar-refractivity contribution is -0.487. The normalized spacial score (nSPS) is 22.6. The quantitative estimate of drug-likeness (QED) is 0.345. The molecule has 2 rings (SSSR count). The van der Waals surface area contributed by atoms with Crippen LogP contribution in [0.3, 0.4) is 0 Å². The van der Waals surface area contributed by atoms with E-state index in [4.69, 9.17) is 4.74 Å². The van der Waals surface area contributed by atoms with Crippen molar-refractivity contribution in [3.8, 4) is 0 Å². The topological polar surface area (TPSA) is 68.0 Å². The van der Waals surface area contributed by atoms with Gasteiger partial charge in [0.2, 0.25) is 0 Å². The smallest absolute Gasteiger partial charge is 0.361 e. The summed E-state index contributed by atoms with van der Waals surface area (Å²) in [5.74, 6) is 0. The second kappa shape index (κ2) is 7.45. The number of nitrogens with zero attached hydrogens (tertiary/aromatic N) is 3.